The van der Waals surface area contributed by atoms with E-state index < -0.39 is 23.1 Å². The molecule has 0 saturated carbocycles. The maximum absolute atomic E-state index is 13.4. The molecule has 5 heteroatoms. The maximum atomic E-state index is 13.4. The molecule has 0 aliphatic heterocycles. The number of benzene rings is 1. The summed E-state index contributed by atoms with van der Waals surface area (Å²) < 4.78 is 31.1. The molecule has 0 radical (unpaired) electrons. The summed E-state index contributed by atoms with van der Waals surface area (Å²) in [6, 6.07) is 3.51. The molecule has 88 valence electrons. The third-order valence-electron chi connectivity index (χ3n) is 2.21. The Labute approximate surface area is 92.2 Å². The molecule has 1 aromatic rings. The molecule has 0 fully saturated rings. The molecule has 0 aliphatic rings. The van der Waals surface area contributed by atoms with E-state index in [1.165, 1.54) is 19.1 Å². The van der Waals surface area contributed by atoms with E-state index in [4.69, 9.17) is 10.5 Å². The lowest BCUT2D eigenvalue weighted by Crippen LogP contribution is -2.44. The molecular weight excluding hydrogens is 216 g/mol. The average Bonchev–Trinajstić information content (AvgIpc) is 2.22. The van der Waals surface area contributed by atoms with Crippen LogP contribution in [0.1, 0.15) is 19.4 Å². The summed E-state index contributed by atoms with van der Waals surface area (Å²) in [4.78, 5) is 11.5. The van der Waals surface area contributed by atoms with Gasteiger partial charge in [-0.05, 0) is 19.9 Å². The van der Waals surface area contributed by atoms with E-state index in [0.29, 0.717) is 0 Å². The monoisotopic (exact) mass is 229 g/mol. The number of carbonyl (C=O) groups excluding carboxylic acids is 1. The Morgan fingerprint density at radius 2 is 2.12 bits per heavy atom. The quantitative estimate of drug-likeness (QED) is 0.802. The van der Waals surface area contributed by atoms with Gasteiger partial charge in [-0.1, -0.05) is 12.1 Å². The fourth-order valence-electron chi connectivity index (χ4n) is 1.30. The summed E-state index contributed by atoms with van der Waals surface area (Å²) in [5.74, 6) is -2.96. The standard InChI is InChI=1S/C11H13F2NO2/c1-3-16-10(15)11(2,14)7-5-4-6-8(12)9(7)13/h4-6H,3,14H2,1-2H3. The zero-order valence-electron chi connectivity index (χ0n) is 9.09. The van der Waals surface area contributed by atoms with Crippen LogP contribution in [0.4, 0.5) is 8.78 Å². The van der Waals surface area contributed by atoms with Crippen LogP contribution < -0.4 is 5.73 Å². The van der Waals surface area contributed by atoms with E-state index >= 15 is 0 Å². The molecule has 0 spiro atoms. The Bertz CT molecular complexity index is 405. The van der Waals surface area contributed by atoms with Crippen molar-refractivity contribution in [2.24, 2.45) is 5.73 Å². The van der Waals surface area contributed by atoms with Crippen molar-refractivity contribution >= 4 is 5.97 Å². The van der Waals surface area contributed by atoms with E-state index in [1.54, 1.807) is 6.92 Å². The van der Waals surface area contributed by atoms with Crippen LogP contribution in [0.25, 0.3) is 0 Å². The first-order valence-corrected chi connectivity index (χ1v) is 4.81. The summed E-state index contributed by atoms with van der Waals surface area (Å²) in [5.41, 5.74) is 3.75. The minimum Gasteiger partial charge on any atom is -0.464 e. The van der Waals surface area contributed by atoms with Crippen LogP contribution in [-0.2, 0) is 15.1 Å². The van der Waals surface area contributed by atoms with Crippen LogP contribution in [0, 0.1) is 11.6 Å². The topological polar surface area (TPSA) is 52.3 Å². The van der Waals surface area contributed by atoms with E-state index in [9.17, 15) is 13.6 Å². The minimum atomic E-state index is -1.69. The van der Waals surface area contributed by atoms with Gasteiger partial charge in [0.2, 0.25) is 0 Å². The van der Waals surface area contributed by atoms with Crippen LogP contribution in [-0.4, -0.2) is 12.6 Å². The number of hydrogen-bond acceptors (Lipinski definition) is 3. The van der Waals surface area contributed by atoms with Gasteiger partial charge in [0.1, 0.15) is 5.54 Å². The first-order valence-electron chi connectivity index (χ1n) is 4.81. The average molecular weight is 229 g/mol. The zero-order valence-corrected chi connectivity index (χ0v) is 9.09. The number of ether oxygens (including phenoxy) is 1. The van der Waals surface area contributed by atoms with Crippen molar-refractivity contribution in [3.8, 4) is 0 Å². The van der Waals surface area contributed by atoms with Crippen molar-refractivity contribution in [3.05, 3.63) is 35.4 Å². The normalized spacial score (nSPS) is 14.3. The number of halogens is 2. The second kappa shape index (κ2) is 4.57. The second-order valence-electron chi connectivity index (χ2n) is 3.52. The van der Waals surface area contributed by atoms with Crippen LogP contribution >= 0.6 is 0 Å². The summed E-state index contributed by atoms with van der Waals surface area (Å²) in [5, 5.41) is 0. The predicted molar refractivity (Wildman–Crippen MR) is 54.5 cm³/mol. The van der Waals surface area contributed by atoms with Gasteiger partial charge >= 0.3 is 5.97 Å². The number of hydrogen-bond donors (Lipinski definition) is 1. The van der Waals surface area contributed by atoms with E-state index in [1.807, 2.05) is 0 Å². The molecule has 0 saturated heterocycles. The highest BCUT2D eigenvalue weighted by molar-refractivity contribution is 5.81. The molecule has 1 rings (SSSR count). The number of carbonyl (C=O) groups is 1. The van der Waals surface area contributed by atoms with Crippen molar-refractivity contribution < 1.29 is 18.3 Å². The van der Waals surface area contributed by atoms with Crippen molar-refractivity contribution in [1.29, 1.82) is 0 Å². The van der Waals surface area contributed by atoms with Gasteiger partial charge in [-0.3, -0.25) is 0 Å². The molecule has 3 nitrogen and oxygen atoms in total. The van der Waals surface area contributed by atoms with Crippen LogP contribution in [0.15, 0.2) is 18.2 Å². The SMILES string of the molecule is CCOC(=O)C(C)(N)c1cccc(F)c1F. The van der Waals surface area contributed by atoms with Gasteiger partial charge in [0, 0.05) is 5.56 Å². The van der Waals surface area contributed by atoms with Crippen molar-refractivity contribution in [2.45, 2.75) is 19.4 Å². The summed E-state index contributed by atoms with van der Waals surface area (Å²) in [7, 11) is 0. The lowest BCUT2D eigenvalue weighted by Gasteiger charge is -2.23. The van der Waals surface area contributed by atoms with Gasteiger partial charge in [-0.15, -0.1) is 0 Å². The Morgan fingerprint density at radius 1 is 1.50 bits per heavy atom. The highest BCUT2D eigenvalue weighted by Gasteiger charge is 2.35. The molecular formula is C11H13F2NO2. The Balaban J connectivity index is 3.16. The molecule has 0 heterocycles. The van der Waals surface area contributed by atoms with E-state index in [-0.39, 0.29) is 12.2 Å². The lowest BCUT2D eigenvalue weighted by molar-refractivity contribution is -0.149. The van der Waals surface area contributed by atoms with Gasteiger partial charge in [-0.2, -0.15) is 0 Å². The Kier molecular flexibility index (Phi) is 3.59. The molecule has 0 bridgehead atoms. The van der Waals surface area contributed by atoms with Crippen LogP contribution in [0.3, 0.4) is 0 Å². The summed E-state index contributed by atoms with van der Waals surface area (Å²) in [6.45, 7) is 3.02. The van der Waals surface area contributed by atoms with Gasteiger partial charge in [0.25, 0.3) is 0 Å². The lowest BCUT2D eigenvalue weighted by atomic mass is 9.92. The van der Waals surface area contributed by atoms with Crippen molar-refractivity contribution in [3.63, 3.8) is 0 Å². The molecule has 0 aromatic heterocycles. The first kappa shape index (κ1) is 12.6. The van der Waals surface area contributed by atoms with Crippen molar-refractivity contribution in [1.82, 2.24) is 0 Å². The van der Waals surface area contributed by atoms with Crippen LogP contribution in [0.2, 0.25) is 0 Å². The third kappa shape index (κ3) is 2.19. The molecule has 1 aromatic carbocycles. The number of nitrogens with two attached hydrogens (primary N) is 1. The first-order chi connectivity index (χ1) is 7.41. The van der Waals surface area contributed by atoms with Gasteiger partial charge in [0.05, 0.1) is 6.61 Å². The highest BCUT2D eigenvalue weighted by atomic mass is 19.2. The summed E-state index contributed by atoms with van der Waals surface area (Å²) in [6.07, 6.45) is 0. The molecule has 1 atom stereocenters. The molecule has 0 aliphatic carbocycles. The Hall–Kier alpha value is -1.49. The highest BCUT2D eigenvalue weighted by Crippen LogP contribution is 2.24. The largest absolute Gasteiger partial charge is 0.464 e. The predicted octanol–water partition coefficient (Wildman–Crippen LogP) is 1.70. The Morgan fingerprint density at radius 3 is 2.69 bits per heavy atom. The van der Waals surface area contributed by atoms with Crippen molar-refractivity contribution in [2.75, 3.05) is 6.61 Å². The molecule has 16 heavy (non-hydrogen) atoms. The second-order valence-corrected chi connectivity index (χ2v) is 3.52. The molecule has 1 unspecified atom stereocenters. The van der Waals surface area contributed by atoms with E-state index in [2.05, 4.69) is 0 Å². The van der Waals surface area contributed by atoms with Gasteiger partial charge < -0.3 is 10.5 Å². The molecule has 2 N–H and O–H groups in total. The van der Waals surface area contributed by atoms with E-state index in [0.717, 1.165) is 6.07 Å². The van der Waals surface area contributed by atoms with Gasteiger partial charge in [0.15, 0.2) is 11.6 Å². The number of esters is 1. The maximum Gasteiger partial charge on any atom is 0.330 e. The zero-order chi connectivity index (χ0) is 12.3. The van der Waals surface area contributed by atoms with Gasteiger partial charge in [-0.25, -0.2) is 13.6 Å². The smallest absolute Gasteiger partial charge is 0.330 e. The number of rotatable bonds is 3. The third-order valence-corrected chi connectivity index (χ3v) is 2.21. The fraction of sp³-hybridized carbons (Fsp3) is 0.364. The fourth-order valence-corrected chi connectivity index (χ4v) is 1.30. The molecule has 0 amide bonds. The minimum absolute atomic E-state index is 0.128. The summed E-state index contributed by atoms with van der Waals surface area (Å²) >= 11 is 0. The van der Waals surface area contributed by atoms with Crippen LogP contribution in [0.5, 0.6) is 0 Å².